The van der Waals surface area contributed by atoms with E-state index in [0.29, 0.717) is 36.8 Å². The lowest BCUT2D eigenvalue weighted by Crippen LogP contribution is -2.32. The molecular weight excluding hydrogens is 330 g/mol. The molecule has 1 amide bonds. The molecule has 3 rings (SSSR count). The van der Waals surface area contributed by atoms with Crippen LogP contribution in [0.5, 0.6) is 0 Å². The van der Waals surface area contributed by atoms with Crippen molar-refractivity contribution < 1.29 is 9.90 Å². The Morgan fingerprint density at radius 3 is 2.62 bits per heavy atom. The fraction of sp³-hybridized carbons (Fsp3) is 0.421. The van der Waals surface area contributed by atoms with E-state index in [9.17, 15) is 9.90 Å². The summed E-state index contributed by atoms with van der Waals surface area (Å²) >= 11 is 0. The fourth-order valence-electron chi connectivity index (χ4n) is 3.20. The van der Waals surface area contributed by atoms with Crippen molar-refractivity contribution in [2.75, 3.05) is 12.3 Å². The first-order valence-electron chi connectivity index (χ1n) is 8.72. The normalized spacial score (nSPS) is 12.0. The summed E-state index contributed by atoms with van der Waals surface area (Å²) < 4.78 is 1.96. The first-order chi connectivity index (χ1) is 12.2. The first-order valence-corrected chi connectivity index (χ1v) is 8.72. The molecule has 0 radical (unpaired) electrons. The number of aromatic nitrogens is 3. The van der Waals surface area contributed by atoms with Crippen LogP contribution in [0.4, 0.5) is 5.82 Å². The second kappa shape index (κ2) is 6.57. The molecule has 0 atom stereocenters. The number of imidazole rings is 1. The molecule has 2 heterocycles. The summed E-state index contributed by atoms with van der Waals surface area (Å²) in [6.45, 7) is 8.23. The van der Waals surface area contributed by atoms with Crippen LogP contribution in [-0.2, 0) is 17.9 Å². The Balaban J connectivity index is 2.30. The molecule has 3 N–H and O–H groups in total. The maximum Gasteiger partial charge on any atom is 0.219 e. The number of amides is 1. The lowest BCUT2D eigenvalue weighted by molar-refractivity contribution is -0.129. The molecule has 0 aliphatic rings. The summed E-state index contributed by atoms with van der Waals surface area (Å²) in [6.07, 6.45) is 0. The van der Waals surface area contributed by atoms with Crippen LogP contribution in [0.15, 0.2) is 24.3 Å². The zero-order chi connectivity index (χ0) is 19.1. The van der Waals surface area contributed by atoms with Crippen molar-refractivity contribution in [2.45, 2.75) is 46.4 Å². The third-order valence-electron chi connectivity index (χ3n) is 4.39. The number of fused-ring (bicyclic) bond motifs is 3. The van der Waals surface area contributed by atoms with E-state index in [4.69, 9.17) is 5.73 Å². The number of hydrogen-bond acceptors (Lipinski definition) is 5. The number of carbonyl (C=O) groups is 1. The molecule has 26 heavy (non-hydrogen) atoms. The lowest BCUT2D eigenvalue weighted by Gasteiger charge is -2.23. The van der Waals surface area contributed by atoms with Gasteiger partial charge in [-0.3, -0.25) is 4.79 Å². The Labute approximate surface area is 152 Å². The van der Waals surface area contributed by atoms with Crippen molar-refractivity contribution in [1.82, 2.24) is 19.4 Å². The minimum absolute atomic E-state index is 0.0229. The molecule has 0 aliphatic heterocycles. The Morgan fingerprint density at radius 2 is 2.00 bits per heavy atom. The Kier molecular flexibility index (Phi) is 4.58. The number of rotatable bonds is 5. The molecular formula is C19H25N5O2. The zero-order valence-corrected chi connectivity index (χ0v) is 15.7. The molecule has 3 aromatic rings. The standard InChI is InChI=1S/C19H25N5O2/c1-5-23(12(2)25)10-15-22-16-17(24(15)11-19(3,4)26)13-8-6-7-9-14(13)21-18(16)20/h6-9,26H,5,10-11H2,1-4H3,(H2,20,21). The largest absolute Gasteiger partial charge is 0.389 e. The van der Waals surface area contributed by atoms with Gasteiger partial charge < -0.3 is 20.3 Å². The number of anilines is 1. The summed E-state index contributed by atoms with van der Waals surface area (Å²) in [6, 6.07) is 7.72. The van der Waals surface area contributed by atoms with Crippen LogP contribution in [0.3, 0.4) is 0 Å². The Hall–Kier alpha value is -2.67. The van der Waals surface area contributed by atoms with Crippen LogP contribution in [-0.4, -0.2) is 42.6 Å². The monoisotopic (exact) mass is 355 g/mol. The lowest BCUT2D eigenvalue weighted by atomic mass is 10.1. The first kappa shape index (κ1) is 18.1. The van der Waals surface area contributed by atoms with Gasteiger partial charge in [-0.15, -0.1) is 0 Å². The molecule has 138 valence electrons. The second-order valence-electron chi connectivity index (χ2n) is 7.17. The number of nitrogen functional groups attached to an aromatic ring is 1. The van der Waals surface area contributed by atoms with Gasteiger partial charge in [-0.2, -0.15) is 0 Å². The van der Waals surface area contributed by atoms with Gasteiger partial charge in [0.25, 0.3) is 0 Å². The average molecular weight is 355 g/mol. The van der Waals surface area contributed by atoms with Crippen molar-refractivity contribution in [3.8, 4) is 0 Å². The number of carbonyl (C=O) groups excluding carboxylic acids is 1. The third kappa shape index (κ3) is 3.35. The van der Waals surface area contributed by atoms with Crippen LogP contribution in [0, 0.1) is 0 Å². The van der Waals surface area contributed by atoms with E-state index >= 15 is 0 Å². The van der Waals surface area contributed by atoms with Crippen LogP contribution >= 0.6 is 0 Å². The van der Waals surface area contributed by atoms with Gasteiger partial charge in [0.2, 0.25) is 5.91 Å². The predicted octanol–water partition coefficient (Wildman–Crippen LogP) is 2.31. The number of pyridine rings is 1. The molecule has 1 aromatic carbocycles. The van der Waals surface area contributed by atoms with Crippen molar-refractivity contribution in [3.05, 3.63) is 30.1 Å². The molecule has 0 aliphatic carbocycles. The van der Waals surface area contributed by atoms with E-state index < -0.39 is 5.60 Å². The number of nitrogens with zero attached hydrogens (tertiary/aromatic N) is 4. The van der Waals surface area contributed by atoms with Gasteiger partial charge in [-0.05, 0) is 26.8 Å². The summed E-state index contributed by atoms with van der Waals surface area (Å²) in [7, 11) is 0. The summed E-state index contributed by atoms with van der Waals surface area (Å²) in [5, 5.41) is 11.4. The molecule has 0 unspecified atom stereocenters. The molecule has 2 aromatic heterocycles. The van der Waals surface area contributed by atoms with Crippen molar-refractivity contribution in [2.24, 2.45) is 0 Å². The highest BCUT2D eigenvalue weighted by molar-refractivity contribution is 6.06. The van der Waals surface area contributed by atoms with Crippen LogP contribution < -0.4 is 5.73 Å². The van der Waals surface area contributed by atoms with Gasteiger partial charge in [0, 0.05) is 18.9 Å². The molecule has 0 saturated carbocycles. The SMILES string of the molecule is CCN(Cc1nc2c(N)nc3ccccc3c2n1CC(C)(C)O)C(C)=O. The van der Waals surface area contributed by atoms with E-state index in [1.807, 2.05) is 35.8 Å². The molecule has 0 spiro atoms. The average Bonchev–Trinajstić information content (AvgIpc) is 2.90. The number of hydrogen-bond donors (Lipinski definition) is 2. The van der Waals surface area contributed by atoms with Crippen molar-refractivity contribution in [1.29, 1.82) is 0 Å². The summed E-state index contributed by atoms with van der Waals surface area (Å²) in [5.74, 6) is 1.01. The van der Waals surface area contributed by atoms with Gasteiger partial charge in [-0.1, -0.05) is 18.2 Å². The zero-order valence-electron chi connectivity index (χ0n) is 15.7. The highest BCUT2D eigenvalue weighted by Crippen LogP contribution is 2.30. The molecule has 0 bridgehead atoms. The van der Waals surface area contributed by atoms with Gasteiger partial charge in [0.1, 0.15) is 11.3 Å². The van der Waals surface area contributed by atoms with E-state index in [0.717, 1.165) is 16.4 Å². The minimum atomic E-state index is -0.950. The second-order valence-corrected chi connectivity index (χ2v) is 7.17. The minimum Gasteiger partial charge on any atom is -0.389 e. The van der Waals surface area contributed by atoms with Crippen LogP contribution in [0.25, 0.3) is 21.9 Å². The number of nitrogens with two attached hydrogens (primary N) is 1. The van der Waals surface area contributed by atoms with Crippen molar-refractivity contribution >= 4 is 33.7 Å². The highest BCUT2D eigenvalue weighted by atomic mass is 16.3. The fourth-order valence-corrected chi connectivity index (χ4v) is 3.20. The summed E-state index contributed by atoms with van der Waals surface area (Å²) in [4.78, 5) is 22.7. The van der Waals surface area contributed by atoms with Gasteiger partial charge in [0.15, 0.2) is 5.82 Å². The van der Waals surface area contributed by atoms with Gasteiger partial charge >= 0.3 is 0 Å². The van der Waals surface area contributed by atoms with E-state index in [2.05, 4.69) is 9.97 Å². The Morgan fingerprint density at radius 1 is 1.31 bits per heavy atom. The van der Waals surface area contributed by atoms with Gasteiger partial charge in [0.05, 0.1) is 29.7 Å². The van der Waals surface area contributed by atoms with Crippen molar-refractivity contribution in [3.63, 3.8) is 0 Å². The van der Waals surface area contributed by atoms with Gasteiger partial charge in [-0.25, -0.2) is 9.97 Å². The van der Waals surface area contributed by atoms with E-state index in [-0.39, 0.29) is 5.91 Å². The maximum absolute atomic E-state index is 11.9. The maximum atomic E-state index is 11.9. The van der Waals surface area contributed by atoms with Crippen LogP contribution in [0.1, 0.15) is 33.5 Å². The number of benzene rings is 1. The quantitative estimate of drug-likeness (QED) is 0.732. The molecule has 0 fully saturated rings. The predicted molar refractivity (Wildman–Crippen MR) is 103 cm³/mol. The molecule has 7 heteroatoms. The topological polar surface area (TPSA) is 97.3 Å². The Bertz CT molecular complexity index is 971. The number of aliphatic hydroxyl groups is 1. The smallest absolute Gasteiger partial charge is 0.219 e. The summed E-state index contributed by atoms with van der Waals surface area (Å²) in [5.41, 5.74) is 7.43. The molecule has 7 nitrogen and oxygen atoms in total. The number of para-hydroxylation sites is 1. The third-order valence-corrected chi connectivity index (χ3v) is 4.39. The van der Waals surface area contributed by atoms with E-state index in [1.54, 1.807) is 18.7 Å². The molecule has 0 saturated heterocycles. The highest BCUT2D eigenvalue weighted by Gasteiger charge is 2.23. The van der Waals surface area contributed by atoms with Crippen LogP contribution in [0.2, 0.25) is 0 Å². The van der Waals surface area contributed by atoms with E-state index in [1.165, 1.54) is 6.92 Å².